The van der Waals surface area contributed by atoms with Crippen LogP contribution in [0.5, 0.6) is 0 Å². The first-order chi connectivity index (χ1) is 10.1. The molecule has 1 aliphatic heterocycles. The van der Waals surface area contributed by atoms with E-state index in [2.05, 4.69) is 21.9 Å². The highest BCUT2D eigenvalue weighted by atomic mass is 19.1. The van der Waals surface area contributed by atoms with Gasteiger partial charge in [0.05, 0.1) is 12.7 Å². The van der Waals surface area contributed by atoms with Crippen molar-refractivity contribution in [3.8, 4) is 0 Å². The zero-order valence-corrected chi connectivity index (χ0v) is 12.7. The second-order valence-corrected chi connectivity index (χ2v) is 5.48. The van der Waals surface area contributed by atoms with E-state index in [0.29, 0.717) is 12.5 Å². The first-order valence-corrected chi connectivity index (χ1v) is 7.43. The van der Waals surface area contributed by atoms with Crippen LogP contribution in [-0.4, -0.2) is 44.2 Å². The van der Waals surface area contributed by atoms with Crippen molar-refractivity contribution in [1.29, 1.82) is 0 Å². The highest BCUT2D eigenvalue weighted by Crippen LogP contribution is 2.15. The summed E-state index contributed by atoms with van der Waals surface area (Å²) in [6.45, 7) is 7.15. The van der Waals surface area contributed by atoms with Crippen LogP contribution < -0.4 is 5.32 Å². The van der Waals surface area contributed by atoms with Gasteiger partial charge in [0, 0.05) is 13.1 Å². The fourth-order valence-corrected chi connectivity index (χ4v) is 2.73. The van der Waals surface area contributed by atoms with Crippen LogP contribution in [0.2, 0.25) is 0 Å². The van der Waals surface area contributed by atoms with Gasteiger partial charge in [0.1, 0.15) is 5.82 Å². The van der Waals surface area contributed by atoms with Gasteiger partial charge in [-0.05, 0) is 49.7 Å². The number of nitrogens with one attached hydrogen (secondary N) is 1. The summed E-state index contributed by atoms with van der Waals surface area (Å²) in [5.41, 5.74) is 0.820. The summed E-state index contributed by atoms with van der Waals surface area (Å²) in [6, 6.07) is 4.63. The minimum atomic E-state index is -0.641. The van der Waals surface area contributed by atoms with Gasteiger partial charge in [-0.1, -0.05) is 13.0 Å². The number of hydrogen-bond donors (Lipinski definition) is 1. The molecule has 0 spiro atoms. The Kier molecular flexibility index (Phi) is 5.70. The largest absolute Gasteiger partial charge is 0.465 e. The van der Waals surface area contributed by atoms with Crippen LogP contribution in [0.4, 0.5) is 4.39 Å². The molecule has 21 heavy (non-hydrogen) atoms. The van der Waals surface area contributed by atoms with Crippen molar-refractivity contribution in [2.45, 2.75) is 19.9 Å². The summed E-state index contributed by atoms with van der Waals surface area (Å²) < 4.78 is 18.3. The monoisotopic (exact) mass is 294 g/mol. The van der Waals surface area contributed by atoms with Crippen LogP contribution >= 0.6 is 0 Å². The second kappa shape index (κ2) is 7.52. The van der Waals surface area contributed by atoms with Gasteiger partial charge >= 0.3 is 5.97 Å². The van der Waals surface area contributed by atoms with Crippen molar-refractivity contribution in [2.24, 2.45) is 5.92 Å². The Morgan fingerprint density at radius 3 is 2.95 bits per heavy atom. The van der Waals surface area contributed by atoms with Crippen LogP contribution in [0.15, 0.2) is 18.2 Å². The molecule has 1 atom stereocenters. The molecule has 1 fully saturated rings. The second-order valence-electron chi connectivity index (χ2n) is 5.48. The Hall–Kier alpha value is -1.46. The third kappa shape index (κ3) is 4.25. The molecule has 0 bridgehead atoms. The SMILES string of the molecule is CCN1CCC(CNCc2ccc(C(=O)OC)c(F)c2)C1. The van der Waals surface area contributed by atoms with Crippen molar-refractivity contribution < 1.29 is 13.9 Å². The Balaban J connectivity index is 1.81. The van der Waals surface area contributed by atoms with Crippen molar-refractivity contribution in [3.63, 3.8) is 0 Å². The van der Waals surface area contributed by atoms with Crippen LogP contribution in [-0.2, 0) is 11.3 Å². The van der Waals surface area contributed by atoms with Gasteiger partial charge in [-0.3, -0.25) is 0 Å². The lowest BCUT2D eigenvalue weighted by Gasteiger charge is -2.14. The predicted molar refractivity (Wildman–Crippen MR) is 79.7 cm³/mol. The lowest BCUT2D eigenvalue weighted by Crippen LogP contribution is -2.26. The fourth-order valence-electron chi connectivity index (χ4n) is 2.73. The molecule has 1 N–H and O–H groups in total. The number of halogens is 1. The summed E-state index contributed by atoms with van der Waals surface area (Å²) >= 11 is 0. The highest BCUT2D eigenvalue weighted by Gasteiger charge is 2.20. The minimum Gasteiger partial charge on any atom is -0.465 e. The lowest BCUT2D eigenvalue weighted by molar-refractivity contribution is 0.0595. The van der Waals surface area contributed by atoms with Crippen LogP contribution in [0.1, 0.15) is 29.3 Å². The molecule has 0 amide bonds. The molecule has 5 heteroatoms. The van der Waals surface area contributed by atoms with Crippen LogP contribution in [0.3, 0.4) is 0 Å². The number of carbonyl (C=O) groups excluding carboxylic acids is 1. The van der Waals surface area contributed by atoms with Crippen molar-refractivity contribution >= 4 is 5.97 Å². The number of nitrogens with zero attached hydrogens (tertiary/aromatic N) is 1. The van der Waals surface area contributed by atoms with E-state index in [9.17, 15) is 9.18 Å². The average molecular weight is 294 g/mol. The molecular weight excluding hydrogens is 271 g/mol. The first kappa shape index (κ1) is 15.9. The normalized spacial score (nSPS) is 18.9. The molecule has 1 aliphatic rings. The Bertz CT molecular complexity index is 493. The van der Waals surface area contributed by atoms with Crippen LogP contribution in [0, 0.1) is 11.7 Å². The predicted octanol–water partition coefficient (Wildman–Crippen LogP) is 2.04. The number of likely N-dealkylation sites (tertiary alicyclic amines) is 1. The summed E-state index contributed by atoms with van der Waals surface area (Å²) in [6.07, 6.45) is 1.22. The van der Waals surface area contributed by atoms with Gasteiger partial charge in [-0.2, -0.15) is 0 Å². The van der Waals surface area contributed by atoms with E-state index in [1.807, 2.05) is 0 Å². The lowest BCUT2D eigenvalue weighted by atomic mass is 10.1. The summed E-state index contributed by atoms with van der Waals surface area (Å²) in [5, 5.41) is 3.37. The number of rotatable bonds is 6. The topological polar surface area (TPSA) is 41.6 Å². The molecule has 4 nitrogen and oxygen atoms in total. The van der Waals surface area contributed by atoms with E-state index in [1.54, 1.807) is 6.07 Å². The van der Waals surface area contributed by atoms with Gasteiger partial charge in [0.2, 0.25) is 0 Å². The average Bonchev–Trinajstić information content (AvgIpc) is 2.94. The minimum absolute atomic E-state index is 0.0179. The maximum absolute atomic E-state index is 13.8. The molecule has 0 radical (unpaired) electrons. The maximum atomic E-state index is 13.8. The Labute approximate surface area is 125 Å². The van der Waals surface area contributed by atoms with Gasteiger partial charge in [-0.15, -0.1) is 0 Å². The van der Waals surface area contributed by atoms with E-state index in [4.69, 9.17) is 0 Å². The van der Waals surface area contributed by atoms with E-state index >= 15 is 0 Å². The zero-order valence-electron chi connectivity index (χ0n) is 12.7. The third-order valence-corrected chi connectivity index (χ3v) is 4.02. The first-order valence-electron chi connectivity index (χ1n) is 7.43. The number of carbonyl (C=O) groups is 1. The van der Waals surface area contributed by atoms with Gasteiger partial charge in [-0.25, -0.2) is 9.18 Å². The Morgan fingerprint density at radius 2 is 2.33 bits per heavy atom. The van der Waals surface area contributed by atoms with Crippen molar-refractivity contribution in [1.82, 2.24) is 10.2 Å². The number of methoxy groups -OCH3 is 1. The molecule has 1 saturated heterocycles. The number of esters is 1. The Morgan fingerprint density at radius 1 is 1.52 bits per heavy atom. The molecule has 0 aromatic heterocycles. The quantitative estimate of drug-likeness (QED) is 0.815. The fraction of sp³-hybridized carbons (Fsp3) is 0.562. The van der Waals surface area contributed by atoms with Crippen molar-refractivity contribution in [2.75, 3.05) is 33.3 Å². The molecule has 0 aliphatic carbocycles. The molecule has 2 rings (SSSR count). The van der Waals surface area contributed by atoms with E-state index < -0.39 is 11.8 Å². The summed E-state index contributed by atoms with van der Waals surface area (Å²) in [4.78, 5) is 13.8. The molecular formula is C16H23FN2O2. The maximum Gasteiger partial charge on any atom is 0.340 e. The zero-order chi connectivity index (χ0) is 15.2. The molecule has 0 saturated carbocycles. The number of ether oxygens (including phenoxy) is 1. The van der Waals surface area contributed by atoms with E-state index in [-0.39, 0.29) is 5.56 Å². The molecule has 1 aromatic carbocycles. The van der Waals surface area contributed by atoms with Crippen LogP contribution in [0.25, 0.3) is 0 Å². The standard InChI is InChI=1S/C16H23FN2O2/c1-3-19-7-6-13(11-19)10-18-9-12-4-5-14(15(17)8-12)16(20)21-2/h4-5,8,13,18H,3,6-7,9-11H2,1-2H3. The van der Waals surface area contributed by atoms with Gasteiger partial charge in [0.25, 0.3) is 0 Å². The van der Waals surface area contributed by atoms with E-state index in [0.717, 1.165) is 25.2 Å². The van der Waals surface area contributed by atoms with Crippen molar-refractivity contribution in [3.05, 3.63) is 35.1 Å². The summed E-state index contributed by atoms with van der Waals surface area (Å²) in [7, 11) is 1.25. The smallest absolute Gasteiger partial charge is 0.340 e. The number of hydrogen-bond acceptors (Lipinski definition) is 4. The molecule has 1 aromatic rings. The number of benzene rings is 1. The van der Waals surface area contributed by atoms with Gasteiger partial charge in [0.15, 0.2) is 0 Å². The van der Waals surface area contributed by atoms with E-state index in [1.165, 1.54) is 32.2 Å². The molecule has 116 valence electrons. The third-order valence-electron chi connectivity index (χ3n) is 4.02. The molecule has 1 heterocycles. The highest BCUT2D eigenvalue weighted by molar-refractivity contribution is 5.89. The van der Waals surface area contributed by atoms with Gasteiger partial charge < -0.3 is 15.0 Å². The molecule has 1 unspecified atom stereocenters. The summed E-state index contributed by atoms with van der Waals surface area (Å²) in [5.74, 6) is -0.499.